The van der Waals surface area contributed by atoms with E-state index in [0.29, 0.717) is 25.7 Å². The Morgan fingerprint density at radius 2 is 0.887 bits per heavy atom. The number of unbranched alkanes of at least 4 members (excludes halogenated alkanes) is 11. The van der Waals surface area contributed by atoms with Crippen molar-refractivity contribution in [1.29, 1.82) is 0 Å². The predicted molar refractivity (Wildman–Crippen MR) is 284 cm³/mol. The summed E-state index contributed by atoms with van der Waals surface area (Å²) in [5.74, 6) is -3.25. The molecule has 1 fully saturated rings. The molecule has 6 unspecified atom stereocenters. The third-order valence-corrected chi connectivity index (χ3v) is 11.3. The molecule has 1 saturated heterocycles. The van der Waals surface area contributed by atoms with E-state index in [0.717, 1.165) is 122 Å². The van der Waals surface area contributed by atoms with Crippen LogP contribution in [0.1, 0.15) is 188 Å². The topological polar surface area (TPSA) is 175 Å². The molecule has 0 aromatic heterocycles. The SMILES string of the molecule is CC/C=C\C/C=C\C/C=C\C/C=C\CCCCC(=O)OC1C(OCC(COC(=O)CCCCC/C=C\C/C=C\C/C=C\CC)OC(=O)CCCCCCC/C=C\C/C=C\CCC)OC(C(=O)O)C(O)C1O. The summed E-state index contributed by atoms with van der Waals surface area (Å²) in [5, 5.41) is 31.4. The van der Waals surface area contributed by atoms with Crippen molar-refractivity contribution in [1.82, 2.24) is 0 Å². The fourth-order valence-corrected chi connectivity index (χ4v) is 7.23. The molecule has 0 radical (unpaired) electrons. The lowest BCUT2D eigenvalue weighted by molar-refractivity contribution is -0.301. The number of carbonyl (C=O) groups excluding carboxylic acids is 3. The average Bonchev–Trinajstić information content (AvgIpc) is 3.35. The molecule has 3 N–H and O–H groups in total. The minimum atomic E-state index is -1.93. The van der Waals surface area contributed by atoms with Crippen LogP contribution in [0.15, 0.2) is 109 Å². The van der Waals surface area contributed by atoms with E-state index >= 15 is 0 Å². The zero-order chi connectivity index (χ0) is 51.8. The van der Waals surface area contributed by atoms with Gasteiger partial charge in [0.05, 0.1) is 6.61 Å². The summed E-state index contributed by atoms with van der Waals surface area (Å²) in [4.78, 5) is 50.9. The van der Waals surface area contributed by atoms with Gasteiger partial charge in [0.25, 0.3) is 0 Å². The average molecular weight is 993 g/mol. The molecule has 0 spiro atoms. The van der Waals surface area contributed by atoms with Crippen LogP contribution in [0.5, 0.6) is 0 Å². The van der Waals surface area contributed by atoms with Crippen LogP contribution in [0.4, 0.5) is 0 Å². The summed E-state index contributed by atoms with van der Waals surface area (Å²) in [5.41, 5.74) is 0. The molecule has 400 valence electrons. The Bertz CT molecular complexity index is 1650. The third kappa shape index (κ3) is 36.9. The van der Waals surface area contributed by atoms with E-state index in [1.807, 2.05) is 0 Å². The van der Waals surface area contributed by atoms with E-state index in [2.05, 4.69) is 130 Å². The first-order valence-corrected chi connectivity index (χ1v) is 26.9. The maximum atomic E-state index is 13.1. The summed E-state index contributed by atoms with van der Waals surface area (Å²) < 4.78 is 28.2. The molecule has 0 aromatic rings. The molecule has 0 amide bonds. The second-order valence-corrected chi connectivity index (χ2v) is 17.7. The summed E-state index contributed by atoms with van der Waals surface area (Å²) in [6.07, 6.45) is 49.3. The second kappa shape index (κ2) is 46.5. The zero-order valence-corrected chi connectivity index (χ0v) is 43.7. The molecule has 0 saturated carbocycles. The monoisotopic (exact) mass is 993 g/mol. The molecular weight excluding hydrogens is 901 g/mol. The highest BCUT2D eigenvalue weighted by Crippen LogP contribution is 2.26. The molecular formula is C59H92O12. The first-order chi connectivity index (χ1) is 34.6. The fourth-order valence-electron chi connectivity index (χ4n) is 7.23. The van der Waals surface area contributed by atoms with E-state index in [-0.39, 0.29) is 25.9 Å². The Balaban J connectivity index is 2.79. The minimum absolute atomic E-state index is 0.00210. The summed E-state index contributed by atoms with van der Waals surface area (Å²) in [7, 11) is 0. The Morgan fingerprint density at radius 1 is 0.479 bits per heavy atom. The van der Waals surface area contributed by atoms with Crippen molar-refractivity contribution in [3.05, 3.63) is 109 Å². The molecule has 71 heavy (non-hydrogen) atoms. The van der Waals surface area contributed by atoms with E-state index in [9.17, 15) is 34.5 Å². The molecule has 1 rings (SSSR count). The van der Waals surface area contributed by atoms with Crippen molar-refractivity contribution >= 4 is 23.9 Å². The van der Waals surface area contributed by atoms with Gasteiger partial charge in [-0.25, -0.2) is 4.79 Å². The number of ether oxygens (including phenoxy) is 5. The molecule has 0 bridgehead atoms. The van der Waals surface area contributed by atoms with E-state index in [4.69, 9.17) is 23.7 Å². The summed E-state index contributed by atoms with van der Waals surface area (Å²) in [6.45, 7) is 5.60. The highest BCUT2D eigenvalue weighted by molar-refractivity contribution is 5.74. The maximum Gasteiger partial charge on any atom is 0.335 e. The zero-order valence-electron chi connectivity index (χ0n) is 43.7. The van der Waals surface area contributed by atoms with Crippen LogP contribution in [0.25, 0.3) is 0 Å². The molecule has 1 aliphatic heterocycles. The van der Waals surface area contributed by atoms with Gasteiger partial charge in [-0.3, -0.25) is 14.4 Å². The fraction of sp³-hybridized carbons (Fsp3) is 0.627. The number of aliphatic carboxylic acids is 1. The number of allylic oxidation sites excluding steroid dienone is 18. The summed E-state index contributed by atoms with van der Waals surface area (Å²) in [6, 6.07) is 0. The third-order valence-electron chi connectivity index (χ3n) is 11.3. The van der Waals surface area contributed by atoms with Gasteiger partial charge in [-0.05, 0) is 116 Å². The van der Waals surface area contributed by atoms with Gasteiger partial charge in [-0.15, -0.1) is 0 Å². The largest absolute Gasteiger partial charge is 0.479 e. The molecule has 0 aromatic carbocycles. The van der Waals surface area contributed by atoms with Gasteiger partial charge in [-0.1, -0.05) is 162 Å². The van der Waals surface area contributed by atoms with Crippen molar-refractivity contribution in [2.75, 3.05) is 13.2 Å². The highest BCUT2D eigenvalue weighted by atomic mass is 16.7. The minimum Gasteiger partial charge on any atom is -0.479 e. The Morgan fingerprint density at radius 3 is 1.39 bits per heavy atom. The van der Waals surface area contributed by atoms with Crippen molar-refractivity contribution in [2.45, 2.75) is 225 Å². The van der Waals surface area contributed by atoms with Crippen molar-refractivity contribution in [3.8, 4) is 0 Å². The second-order valence-electron chi connectivity index (χ2n) is 17.7. The first kappa shape index (κ1) is 64.4. The van der Waals surface area contributed by atoms with Crippen LogP contribution in [0.3, 0.4) is 0 Å². The van der Waals surface area contributed by atoms with Crippen LogP contribution in [-0.4, -0.2) is 89.2 Å². The molecule has 0 aliphatic carbocycles. The number of carboxylic acid groups (broad SMARTS) is 1. The number of hydrogen-bond donors (Lipinski definition) is 3. The molecule has 1 aliphatic rings. The standard InChI is InChI=1S/C59H92O12/c1-4-7-10-13-16-19-22-25-26-29-32-35-38-41-44-47-53(62)70-57-55(64)54(63)56(58(65)66)71-59(57)68-49-50(69-52(61)46-43-40-37-34-31-28-24-21-18-15-12-9-6-3)48-67-51(60)45-42-39-36-33-30-27-23-20-17-14-11-8-5-2/h7-8,10-12,15-17,19-21,24-27,30,32,35,50,54-57,59,63-64H,4-6,9,13-14,18,22-23,28-29,31,33-34,36-49H2,1-3H3,(H,65,66)/b10-7-,11-8-,15-12-,19-16-,20-17-,24-21-,26-25-,30-27-,35-32-. The number of carbonyl (C=O) groups is 4. The van der Waals surface area contributed by atoms with Crippen molar-refractivity contribution in [2.24, 2.45) is 0 Å². The molecule has 1 heterocycles. The van der Waals surface area contributed by atoms with Crippen molar-refractivity contribution in [3.63, 3.8) is 0 Å². The number of esters is 3. The van der Waals surface area contributed by atoms with Gasteiger partial charge in [0.1, 0.15) is 18.8 Å². The van der Waals surface area contributed by atoms with Crippen LogP contribution >= 0.6 is 0 Å². The smallest absolute Gasteiger partial charge is 0.335 e. The summed E-state index contributed by atoms with van der Waals surface area (Å²) >= 11 is 0. The molecule has 12 nitrogen and oxygen atoms in total. The number of aliphatic hydroxyl groups is 2. The lowest BCUT2D eigenvalue weighted by Crippen LogP contribution is -2.61. The van der Waals surface area contributed by atoms with Gasteiger partial charge < -0.3 is 39.0 Å². The van der Waals surface area contributed by atoms with Gasteiger partial charge in [0.2, 0.25) is 0 Å². The Kier molecular flexibility index (Phi) is 42.1. The van der Waals surface area contributed by atoms with Crippen LogP contribution in [-0.2, 0) is 42.9 Å². The number of rotatable bonds is 43. The lowest BCUT2D eigenvalue weighted by atomic mass is 9.98. The van der Waals surface area contributed by atoms with Crippen LogP contribution < -0.4 is 0 Å². The maximum absolute atomic E-state index is 13.1. The molecule has 6 atom stereocenters. The van der Waals surface area contributed by atoms with Crippen molar-refractivity contribution < 1.29 is 58.2 Å². The number of carboxylic acids is 1. The molecule has 12 heteroatoms. The Labute approximate surface area is 427 Å². The van der Waals surface area contributed by atoms with E-state index < -0.39 is 67.3 Å². The quantitative estimate of drug-likeness (QED) is 0.0229. The van der Waals surface area contributed by atoms with Crippen LogP contribution in [0.2, 0.25) is 0 Å². The van der Waals surface area contributed by atoms with Gasteiger partial charge in [0, 0.05) is 19.3 Å². The van der Waals surface area contributed by atoms with Gasteiger partial charge in [-0.2, -0.15) is 0 Å². The van der Waals surface area contributed by atoms with Gasteiger partial charge >= 0.3 is 23.9 Å². The lowest BCUT2D eigenvalue weighted by Gasteiger charge is -2.40. The predicted octanol–water partition coefficient (Wildman–Crippen LogP) is 13.1. The van der Waals surface area contributed by atoms with E-state index in [1.54, 1.807) is 0 Å². The Hall–Kier alpha value is -4.62. The number of hydrogen-bond acceptors (Lipinski definition) is 11. The van der Waals surface area contributed by atoms with E-state index in [1.165, 1.54) is 0 Å². The first-order valence-electron chi connectivity index (χ1n) is 26.9. The van der Waals surface area contributed by atoms with Crippen LogP contribution in [0, 0.1) is 0 Å². The van der Waals surface area contributed by atoms with Gasteiger partial charge in [0.15, 0.2) is 24.6 Å². The number of aliphatic hydroxyl groups excluding tert-OH is 2. The highest BCUT2D eigenvalue weighted by Gasteiger charge is 2.50. The normalized spacial score (nSPS) is 19.4.